The molecule has 0 atom stereocenters. The lowest BCUT2D eigenvalue weighted by atomic mass is 10.1. The molecule has 0 unspecified atom stereocenters. The van der Waals surface area contributed by atoms with Gasteiger partial charge >= 0.3 is 0 Å². The summed E-state index contributed by atoms with van der Waals surface area (Å²) >= 11 is 0. The van der Waals surface area contributed by atoms with Crippen LogP contribution in [0.5, 0.6) is 0 Å². The average Bonchev–Trinajstić information content (AvgIpc) is 1.90. The summed E-state index contributed by atoms with van der Waals surface area (Å²) in [7, 11) is 0. The molecule has 0 fully saturated rings. The van der Waals surface area contributed by atoms with E-state index in [2.05, 4.69) is 12.6 Å². The van der Waals surface area contributed by atoms with Crippen LogP contribution >= 0.6 is 0 Å². The van der Waals surface area contributed by atoms with Gasteiger partial charge < -0.3 is 0 Å². The Kier molecular flexibility index (Phi) is 4.32. The minimum Gasteiger partial charge on any atom is -0.193 e. The van der Waals surface area contributed by atoms with Gasteiger partial charge in [-0.2, -0.15) is 5.26 Å². The van der Waals surface area contributed by atoms with Crippen molar-refractivity contribution in [1.82, 2.24) is 0 Å². The van der Waals surface area contributed by atoms with E-state index >= 15 is 0 Å². The van der Waals surface area contributed by atoms with Gasteiger partial charge in [0.1, 0.15) is 0 Å². The van der Waals surface area contributed by atoms with Gasteiger partial charge in [0.25, 0.3) is 0 Å². The van der Waals surface area contributed by atoms with Gasteiger partial charge in [0.05, 0.1) is 6.07 Å². The number of hydrogen-bond acceptors (Lipinski definition) is 1. The third-order valence-corrected chi connectivity index (χ3v) is 1.31. The molecule has 1 nitrogen and oxygen atoms in total. The Morgan fingerprint density at radius 3 is 2.50 bits per heavy atom. The predicted octanol–water partition coefficient (Wildman–Crippen LogP) is 2.81. The van der Waals surface area contributed by atoms with E-state index in [1.54, 1.807) is 0 Å². The molecule has 0 heterocycles. The van der Waals surface area contributed by atoms with Crippen LogP contribution in [0.1, 0.15) is 26.7 Å². The van der Waals surface area contributed by atoms with Crippen LogP contribution in [-0.2, 0) is 0 Å². The Bertz CT molecular complexity index is 181. The van der Waals surface area contributed by atoms with E-state index in [4.69, 9.17) is 5.26 Å². The molecular formula is C9H13N. The maximum absolute atomic E-state index is 8.49. The first-order valence-corrected chi connectivity index (χ1v) is 3.40. The lowest BCUT2D eigenvalue weighted by molar-refractivity contribution is 0.951. The van der Waals surface area contributed by atoms with Crippen LogP contribution in [0.4, 0.5) is 0 Å². The average molecular weight is 135 g/mol. The molecule has 0 N–H and O–H groups in total. The molecule has 0 saturated heterocycles. The van der Waals surface area contributed by atoms with E-state index in [1.165, 1.54) is 0 Å². The molecule has 0 aliphatic rings. The van der Waals surface area contributed by atoms with Crippen LogP contribution in [0.2, 0.25) is 0 Å². The maximum Gasteiger partial charge on any atom is 0.0943 e. The minimum atomic E-state index is 0.836. The van der Waals surface area contributed by atoms with E-state index in [0.717, 1.165) is 24.0 Å². The van der Waals surface area contributed by atoms with Crippen LogP contribution in [0.25, 0.3) is 0 Å². The number of nitrogens with zero attached hydrogens (tertiary/aromatic N) is 1. The monoisotopic (exact) mass is 135 g/mol. The molecule has 0 amide bonds. The normalized spacial score (nSPS) is 10.7. The van der Waals surface area contributed by atoms with Crippen molar-refractivity contribution >= 4 is 0 Å². The maximum atomic E-state index is 8.49. The molecule has 0 bridgehead atoms. The quantitative estimate of drug-likeness (QED) is 0.431. The Labute approximate surface area is 62.7 Å². The number of hydrogen-bond donors (Lipinski definition) is 0. The lowest BCUT2D eigenvalue weighted by Gasteiger charge is -1.95. The van der Waals surface area contributed by atoms with Crippen LogP contribution < -0.4 is 0 Å². The molecule has 0 spiro atoms. The number of nitriles is 1. The summed E-state index contributed by atoms with van der Waals surface area (Å²) < 4.78 is 0. The van der Waals surface area contributed by atoms with E-state index in [9.17, 15) is 0 Å². The molecule has 54 valence electrons. The third kappa shape index (κ3) is 3.91. The summed E-state index contributed by atoms with van der Waals surface area (Å²) in [6, 6.07) is 2.13. The van der Waals surface area contributed by atoms with Crippen molar-refractivity contribution < 1.29 is 0 Å². The van der Waals surface area contributed by atoms with Crippen LogP contribution in [0.15, 0.2) is 23.8 Å². The summed E-state index contributed by atoms with van der Waals surface area (Å²) in [5.74, 6) is 0. The Hall–Kier alpha value is -1.03. The van der Waals surface area contributed by atoms with Crippen LogP contribution in [-0.4, -0.2) is 0 Å². The fourth-order valence-electron chi connectivity index (χ4n) is 0.613. The first-order chi connectivity index (χ1) is 4.70. The van der Waals surface area contributed by atoms with Crippen molar-refractivity contribution in [2.75, 3.05) is 0 Å². The fraction of sp³-hybridized carbons (Fsp3) is 0.444. The SMILES string of the molecule is C=C(C)CC/C(C#N)=C\C. The van der Waals surface area contributed by atoms with Crippen molar-refractivity contribution in [2.45, 2.75) is 26.7 Å². The standard InChI is InChI=1S/C9H13N/c1-4-9(7-10)6-5-8(2)3/h4H,2,5-6H2,1,3H3/b9-4+. The summed E-state index contributed by atoms with van der Waals surface area (Å²) in [5.41, 5.74) is 1.98. The van der Waals surface area contributed by atoms with Crippen LogP contribution in [0, 0.1) is 11.3 Å². The highest BCUT2D eigenvalue weighted by atomic mass is 14.2. The molecule has 0 aromatic heterocycles. The molecule has 0 aromatic rings. The molecule has 1 heteroatoms. The second kappa shape index (κ2) is 4.81. The van der Waals surface area contributed by atoms with Gasteiger partial charge in [-0.25, -0.2) is 0 Å². The zero-order chi connectivity index (χ0) is 7.98. The van der Waals surface area contributed by atoms with E-state index in [-0.39, 0.29) is 0 Å². The molecule has 0 rings (SSSR count). The highest BCUT2D eigenvalue weighted by molar-refractivity contribution is 5.20. The van der Waals surface area contributed by atoms with Crippen molar-refractivity contribution in [3.05, 3.63) is 23.8 Å². The van der Waals surface area contributed by atoms with Gasteiger partial charge in [-0.05, 0) is 26.7 Å². The van der Waals surface area contributed by atoms with Gasteiger partial charge in [-0.1, -0.05) is 11.6 Å². The second-order valence-electron chi connectivity index (χ2n) is 2.38. The number of rotatable bonds is 3. The fourth-order valence-corrected chi connectivity index (χ4v) is 0.613. The van der Waals surface area contributed by atoms with Crippen molar-refractivity contribution in [1.29, 1.82) is 5.26 Å². The smallest absolute Gasteiger partial charge is 0.0943 e. The molecule has 0 saturated carbocycles. The summed E-state index contributed by atoms with van der Waals surface area (Å²) in [6.45, 7) is 7.62. The summed E-state index contributed by atoms with van der Waals surface area (Å²) in [6.07, 6.45) is 3.61. The third-order valence-electron chi connectivity index (χ3n) is 1.31. The zero-order valence-electron chi connectivity index (χ0n) is 6.65. The van der Waals surface area contributed by atoms with Gasteiger partial charge in [0.2, 0.25) is 0 Å². The van der Waals surface area contributed by atoms with E-state index in [0.29, 0.717) is 0 Å². The van der Waals surface area contributed by atoms with Crippen molar-refractivity contribution in [3.63, 3.8) is 0 Å². The largest absolute Gasteiger partial charge is 0.193 e. The number of allylic oxidation sites excluding steroid dienone is 3. The van der Waals surface area contributed by atoms with E-state index < -0.39 is 0 Å². The Balaban J connectivity index is 3.70. The van der Waals surface area contributed by atoms with Gasteiger partial charge in [0.15, 0.2) is 0 Å². The Morgan fingerprint density at radius 1 is 1.60 bits per heavy atom. The molecule has 0 aromatic carbocycles. The van der Waals surface area contributed by atoms with Gasteiger partial charge in [-0.15, -0.1) is 6.58 Å². The lowest BCUT2D eigenvalue weighted by Crippen LogP contribution is -1.79. The first-order valence-electron chi connectivity index (χ1n) is 3.40. The minimum absolute atomic E-state index is 0.836. The van der Waals surface area contributed by atoms with Crippen LogP contribution in [0.3, 0.4) is 0 Å². The van der Waals surface area contributed by atoms with Gasteiger partial charge in [-0.3, -0.25) is 0 Å². The molecule has 0 radical (unpaired) electrons. The van der Waals surface area contributed by atoms with E-state index in [1.807, 2.05) is 19.9 Å². The topological polar surface area (TPSA) is 23.8 Å². The molecule has 0 aliphatic heterocycles. The molecule has 0 aliphatic carbocycles. The highest BCUT2D eigenvalue weighted by Crippen LogP contribution is 2.07. The van der Waals surface area contributed by atoms with Crippen molar-refractivity contribution in [3.8, 4) is 6.07 Å². The van der Waals surface area contributed by atoms with Crippen molar-refractivity contribution in [2.24, 2.45) is 0 Å². The summed E-state index contributed by atoms with van der Waals surface area (Å²) in [5, 5.41) is 8.49. The zero-order valence-corrected chi connectivity index (χ0v) is 6.65. The van der Waals surface area contributed by atoms with Gasteiger partial charge in [0, 0.05) is 5.57 Å². The Morgan fingerprint density at radius 2 is 2.20 bits per heavy atom. The highest BCUT2D eigenvalue weighted by Gasteiger charge is 1.92. The second-order valence-corrected chi connectivity index (χ2v) is 2.38. The predicted molar refractivity (Wildman–Crippen MR) is 43.4 cm³/mol. The summed E-state index contributed by atoms with van der Waals surface area (Å²) in [4.78, 5) is 0. The molecular weight excluding hydrogens is 122 g/mol. The molecule has 10 heavy (non-hydrogen) atoms. The first kappa shape index (κ1) is 8.97.